The van der Waals surface area contributed by atoms with Crippen molar-refractivity contribution < 1.29 is 18.0 Å². The lowest BCUT2D eigenvalue weighted by Crippen LogP contribution is -2.11. The minimum atomic E-state index is -4.50. The molecular formula is C7H5F3N2O. The Balaban J connectivity index is 3.11. The highest BCUT2D eigenvalue weighted by molar-refractivity contribution is 5.70. The van der Waals surface area contributed by atoms with Gasteiger partial charge in [0.2, 0.25) is 6.41 Å². The first-order valence-electron chi connectivity index (χ1n) is 3.28. The van der Waals surface area contributed by atoms with E-state index >= 15 is 0 Å². The van der Waals surface area contributed by atoms with Crippen molar-refractivity contribution in [3.05, 3.63) is 23.9 Å². The maximum absolute atomic E-state index is 12.2. The average molecular weight is 190 g/mol. The fraction of sp³-hybridized carbons (Fsp3) is 0.143. The lowest BCUT2D eigenvalue weighted by Gasteiger charge is -2.09. The van der Waals surface area contributed by atoms with Crippen LogP contribution in [0.2, 0.25) is 0 Å². The van der Waals surface area contributed by atoms with Crippen molar-refractivity contribution in [2.75, 3.05) is 5.32 Å². The Bertz CT molecular complexity index is 311. The van der Waals surface area contributed by atoms with Gasteiger partial charge in [-0.05, 0) is 12.1 Å². The van der Waals surface area contributed by atoms with Gasteiger partial charge in [0, 0.05) is 6.20 Å². The summed E-state index contributed by atoms with van der Waals surface area (Å²) in [6.45, 7) is 0. The van der Waals surface area contributed by atoms with Crippen LogP contribution in [0.15, 0.2) is 18.3 Å². The summed E-state index contributed by atoms with van der Waals surface area (Å²) in [6, 6.07) is 2.00. The van der Waals surface area contributed by atoms with Gasteiger partial charge >= 0.3 is 6.18 Å². The van der Waals surface area contributed by atoms with Gasteiger partial charge in [-0.3, -0.25) is 4.79 Å². The van der Waals surface area contributed by atoms with Gasteiger partial charge < -0.3 is 5.32 Å². The molecule has 1 aromatic rings. The molecule has 3 nitrogen and oxygen atoms in total. The smallest absolute Gasteiger partial charge is 0.313 e. The van der Waals surface area contributed by atoms with Gasteiger partial charge in [0.25, 0.3) is 0 Å². The Morgan fingerprint density at radius 2 is 2.15 bits per heavy atom. The van der Waals surface area contributed by atoms with Gasteiger partial charge in [-0.25, -0.2) is 4.98 Å². The lowest BCUT2D eigenvalue weighted by atomic mass is 10.2. The summed E-state index contributed by atoms with van der Waals surface area (Å²) >= 11 is 0. The van der Waals surface area contributed by atoms with E-state index in [0.717, 1.165) is 12.1 Å². The third kappa shape index (κ3) is 2.17. The summed E-state index contributed by atoms with van der Waals surface area (Å²) in [5, 5.41) is 1.87. The van der Waals surface area contributed by atoms with Gasteiger partial charge in [-0.1, -0.05) is 0 Å². The van der Waals surface area contributed by atoms with Crippen molar-refractivity contribution in [3.63, 3.8) is 0 Å². The van der Waals surface area contributed by atoms with Crippen molar-refractivity contribution >= 4 is 12.2 Å². The van der Waals surface area contributed by atoms with Crippen LogP contribution in [-0.2, 0) is 11.0 Å². The normalized spacial score (nSPS) is 11.0. The molecule has 0 fully saturated rings. The highest BCUT2D eigenvalue weighted by atomic mass is 19.4. The van der Waals surface area contributed by atoms with E-state index in [4.69, 9.17) is 0 Å². The van der Waals surface area contributed by atoms with E-state index in [1.54, 1.807) is 0 Å². The van der Waals surface area contributed by atoms with Crippen molar-refractivity contribution in [2.45, 2.75) is 6.18 Å². The molecule has 1 N–H and O–H groups in total. The lowest BCUT2D eigenvalue weighted by molar-refractivity contribution is -0.137. The predicted molar refractivity (Wildman–Crippen MR) is 38.9 cm³/mol. The Labute approximate surface area is 71.6 Å². The maximum Gasteiger partial charge on any atom is 0.419 e. The second-order valence-electron chi connectivity index (χ2n) is 2.16. The standard InChI is InChI=1S/C7H5F3N2O/c8-7(9,10)5-2-1-3-11-6(5)12-4-13/h1-4H,(H,11,12,13). The Morgan fingerprint density at radius 1 is 1.46 bits per heavy atom. The molecule has 1 amide bonds. The largest absolute Gasteiger partial charge is 0.419 e. The molecule has 1 aromatic heterocycles. The molecule has 0 spiro atoms. The molecule has 0 aliphatic heterocycles. The molecule has 13 heavy (non-hydrogen) atoms. The van der Waals surface area contributed by atoms with E-state index in [1.165, 1.54) is 6.20 Å². The van der Waals surface area contributed by atoms with Crippen molar-refractivity contribution in [2.24, 2.45) is 0 Å². The summed E-state index contributed by atoms with van der Waals surface area (Å²) in [6.07, 6.45) is -3.18. The third-order valence-electron chi connectivity index (χ3n) is 1.31. The minimum absolute atomic E-state index is 0.150. The van der Waals surface area contributed by atoms with E-state index in [9.17, 15) is 18.0 Å². The number of carbonyl (C=O) groups excluding carboxylic acids is 1. The molecule has 0 bridgehead atoms. The van der Waals surface area contributed by atoms with Gasteiger partial charge in [0.15, 0.2) is 0 Å². The number of hydrogen-bond acceptors (Lipinski definition) is 2. The number of nitrogens with zero attached hydrogens (tertiary/aromatic N) is 1. The van der Waals surface area contributed by atoms with E-state index < -0.39 is 17.6 Å². The number of rotatable bonds is 2. The SMILES string of the molecule is O=CNc1ncccc1C(F)(F)F. The van der Waals surface area contributed by atoms with Crippen LogP contribution >= 0.6 is 0 Å². The number of pyridine rings is 1. The topological polar surface area (TPSA) is 42.0 Å². The quantitative estimate of drug-likeness (QED) is 0.720. The van der Waals surface area contributed by atoms with Crippen LogP contribution < -0.4 is 5.32 Å². The molecule has 0 radical (unpaired) electrons. The zero-order chi connectivity index (χ0) is 9.90. The third-order valence-corrected chi connectivity index (χ3v) is 1.31. The number of hydrogen-bond donors (Lipinski definition) is 1. The fourth-order valence-electron chi connectivity index (χ4n) is 0.805. The highest BCUT2D eigenvalue weighted by Gasteiger charge is 2.33. The van der Waals surface area contributed by atoms with Crippen LogP contribution in [-0.4, -0.2) is 11.4 Å². The molecule has 70 valence electrons. The molecule has 0 aromatic carbocycles. The molecule has 6 heteroatoms. The molecule has 0 saturated heterocycles. The number of amides is 1. The van der Waals surface area contributed by atoms with Crippen LogP contribution in [0.4, 0.5) is 19.0 Å². The zero-order valence-corrected chi connectivity index (χ0v) is 6.30. The number of nitrogens with one attached hydrogen (secondary N) is 1. The predicted octanol–water partition coefficient (Wildman–Crippen LogP) is 1.67. The van der Waals surface area contributed by atoms with Crippen LogP contribution in [0.1, 0.15) is 5.56 Å². The van der Waals surface area contributed by atoms with Gasteiger partial charge in [0.05, 0.1) is 5.56 Å². The number of halogens is 3. The molecule has 0 aliphatic carbocycles. The van der Waals surface area contributed by atoms with E-state index in [2.05, 4.69) is 4.98 Å². The van der Waals surface area contributed by atoms with Crippen molar-refractivity contribution in [3.8, 4) is 0 Å². The molecular weight excluding hydrogens is 185 g/mol. The van der Waals surface area contributed by atoms with Crippen molar-refractivity contribution in [1.29, 1.82) is 0 Å². The summed E-state index contributed by atoms with van der Waals surface area (Å²) in [7, 11) is 0. The van der Waals surface area contributed by atoms with E-state index in [1.807, 2.05) is 5.32 Å². The monoisotopic (exact) mass is 190 g/mol. The number of carbonyl (C=O) groups is 1. The number of aromatic nitrogens is 1. The van der Waals surface area contributed by atoms with Crippen molar-refractivity contribution in [1.82, 2.24) is 4.98 Å². The summed E-state index contributed by atoms with van der Waals surface area (Å²) in [5.74, 6) is -0.481. The molecule has 1 rings (SSSR count). The molecule has 1 heterocycles. The number of anilines is 1. The zero-order valence-electron chi connectivity index (χ0n) is 6.30. The first kappa shape index (κ1) is 9.50. The first-order chi connectivity index (χ1) is 6.05. The summed E-state index contributed by atoms with van der Waals surface area (Å²) < 4.78 is 36.5. The summed E-state index contributed by atoms with van der Waals surface area (Å²) in [4.78, 5) is 13.3. The molecule has 0 atom stereocenters. The van der Waals surface area contributed by atoms with Gasteiger partial charge in [-0.2, -0.15) is 13.2 Å². The summed E-state index contributed by atoms with van der Waals surface area (Å²) in [5.41, 5.74) is -0.956. The highest BCUT2D eigenvalue weighted by Crippen LogP contribution is 2.32. The maximum atomic E-state index is 12.2. The molecule has 0 unspecified atom stereocenters. The second-order valence-corrected chi connectivity index (χ2v) is 2.16. The fourth-order valence-corrected chi connectivity index (χ4v) is 0.805. The van der Waals surface area contributed by atoms with Crippen LogP contribution in [0, 0.1) is 0 Å². The van der Waals surface area contributed by atoms with E-state index in [-0.39, 0.29) is 6.41 Å². The minimum Gasteiger partial charge on any atom is -0.313 e. The van der Waals surface area contributed by atoms with Crippen LogP contribution in [0.3, 0.4) is 0 Å². The molecule has 0 saturated carbocycles. The Hall–Kier alpha value is -1.59. The van der Waals surface area contributed by atoms with Gasteiger partial charge in [-0.15, -0.1) is 0 Å². The number of alkyl halides is 3. The average Bonchev–Trinajstić information content (AvgIpc) is 2.04. The molecule has 0 aliphatic rings. The second kappa shape index (κ2) is 3.42. The van der Waals surface area contributed by atoms with Crippen LogP contribution in [0.5, 0.6) is 0 Å². The van der Waals surface area contributed by atoms with Gasteiger partial charge in [0.1, 0.15) is 5.82 Å². The Kier molecular flexibility index (Phi) is 2.50. The first-order valence-corrected chi connectivity index (χ1v) is 3.28. The van der Waals surface area contributed by atoms with E-state index in [0.29, 0.717) is 0 Å². The Morgan fingerprint density at radius 3 is 2.69 bits per heavy atom. The van der Waals surface area contributed by atoms with Crippen LogP contribution in [0.25, 0.3) is 0 Å².